The van der Waals surface area contributed by atoms with Crippen LogP contribution >= 0.6 is 0 Å². The average Bonchev–Trinajstić information content (AvgIpc) is 2.60. The summed E-state index contributed by atoms with van der Waals surface area (Å²) in [6, 6.07) is 13.6. The molecule has 2 aromatic rings. The van der Waals surface area contributed by atoms with E-state index in [-0.39, 0.29) is 22.2 Å². The van der Waals surface area contributed by atoms with Crippen molar-refractivity contribution in [3.63, 3.8) is 0 Å². The van der Waals surface area contributed by atoms with Gasteiger partial charge < -0.3 is 5.32 Å². The summed E-state index contributed by atoms with van der Waals surface area (Å²) in [5.41, 5.74) is 1.13. The van der Waals surface area contributed by atoms with Crippen LogP contribution in [-0.4, -0.2) is 26.9 Å². The van der Waals surface area contributed by atoms with Gasteiger partial charge in [0, 0.05) is 12.6 Å². The number of sulfonamides is 1. The first-order valence-corrected chi connectivity index (χ1v) is 8.84. The first-order valence-electron chi connectivity index (χ1n) is 7.36. The van der Waals surface area contributed by atoms with Crippen molar-refractivity contribution in [1.29, 1.82) is 0 Å². The monoisotopic (exact) mass is 349 g/mol. The van der Waals surface area contributed by atoms with E-state index >= 15 is 0 Å². The third-order valence-electron chi connectivity index (χ3n) is 3.71. The van der Waals surface area contributed by atoms with E-state index in [2.05, 4.69) is 10.0 Å². The maximum atomic E-state index is 11.8. The fourth-order valence-electron chi connectivity index (χ4n) is 2.26. The summed E-state index contributed by atoms with van der Waals surface area (Å²) in [7, 11) is -2.47. The van der Waals surface area contributed by atoms with E-state index in [1.165, 1.54) is 19.2 Å². The summed E-state index contributed by atoms with van der Waals surface area (Å²) < 4.78 is 25.7. The fraction of sp³-hybridized carbons (Fsp3) is 0.250. The van der Waals surface area contributed by atoms with Crippen molar-refractivity contribution < 1.29 is 13.3 Å². The van der Waals surface area contributed by atoms with Crippen LogP contribution in [0.3, 0.4) is 0 Å². The molecule has 8 heteroatoms. The van der Waals surface area contributed by atoms with Gasteiger partial charge in [0.2, 0.25) is 10.0 Å². The minimum atomic E-state index is -3.73. The van der Waals surface area contributed by atoms with E-state index in [0.29, 0.717) is 6.54 Å². The van der Waals surface area contributed by atoms with Crippen molar-refractivity contribution in [2.24, 2.45) is 0 Å². The van der Waals surface area contributed by atoms with E-state index < -0.39 is 14.9 Å². The van der Waals surface area contributed by atoms with Gasteiger partial charge in [0.05, 0.1) is 9.82 Å². The Morgan fingerprint density at radius 3 is 2.42 bits per heavy atom. The Morgan fingerprint density at radius 2 is 1.83 bits per heavy atom. The van der Waals surface area contributed by atoms with Crippen molar-refractivity contribution >= 4 is 21.4 Å². The molecule has 0 amide bonds. The lowest BCUT2D eigenvalue weighted by Gasteiger charge is -2.14. The highest BCUT2D eigenvalue weighted by molar-refractivity contribution is 7.89. The number of hydrogen-bond donors (Lipinski definition) is 2. The first-order chi connectivity index (χ1) is 11.3. The van der Waals surface area contributed by atoms with Crippen LogP contribution in [-0.2, 0) is 10.0 Å². The van der Waals surface area contributed by atoms with Crippen molar-refractivity contribution in [1.82, 2.24) is 4.72 Å². The third-order valence-corrected chi connectivity index (χ3v) is 5.12. The highest BCUT2D eigenvalue weighted by atomic mass is 32.2. The number of hydrogen-bond acceptors (Lipinski definition) is 5. The lowest BCUT2D eigenvalue weighted by atomic mass is 10.0. The summed E-state index contributed by atoms with van der Waals surface area (Å²) in [6.07, 6.45) is 0. The van der Waals surface area contributed by atoms with Gasteiger partial charge in [-0.2, -0.15) is 0 Å². The Bertz CT molecular complexity index is 822. The average molecular weight is 349 g/mol. The standard InChI is InChI=1S/C16H19N3O4S/c1-12(13-6-4-3-5-7-13)11-18-15-9-8-14(24(22,23)17-2)10-16(15)19(20)21/h3-10,12,17-18H,11H2,1-2H3/t12-/m1/s1. The Balaban J connectivity index is 2.23. The highest BCUT2D eigenvalue weighted by Crippen LogP contribution is 2.28. The Kier molecular flexibility index (Phi) is 5.53. The molecule has 128 valence electrons. The molecule has 0 saturated carbocycles. The maximum Gasteiger partial charge on any atom is 0.293 e. The zero-order valence-corrected chi connectivity index (χ0v) is 14.2. The molecule has 0 aromatic heterocycles. The highest BCUT2D eigenvalue weighted by Gasteiger charge is 2.20. The maximum absolute atomic E-state index is 11.8. The summed E-state index contributed by atoms with van der Waals surface area (Å²) in [5, 5.41) is 14.3. The van der Waals surface area contributed by atoms with Gasteiger partial charge in [0.15, 0.2) is 0 Å². The van der Waals surface area contributed by atoms with Gasteiger partial charge in [0.1, 0.15) is 5.69 Å². The normalized spacial score (nSPS) is 12.6. The lowest BCUT2D eigenvalue weighted by molar-refractivity contribution is -0.384. The van der Waals surface area contributed by atoms with Crippen LogP contribution < -0.4 is 10.0 Å². The molecule has 24 heavy (non-hydrogen) atoms. The number of benzene rings is 2. The first kappa shape index (κ1) is 17.9. The Labute approximate surface area is 140 Å². The molecule has 0 spiro atoms. The van der Waals surface area contributed by atoms with Gasteiger partial charge in [-0.05, 0) is 30.7 Å². The van der Waals surface area contributed by atoms with Gasteiger partial charge in [-0.3, -0.25) is 10.1 Å². The number of nitrogens with one attached hydrogen (secondary N) is 2. The van der Waals surface area contributed by atoms with Crippen LogP contribution in [0.2, 0.25) is 0 Å². The number of nitro groups is 1. The van der Waals surface area contributed by atoms with Crippen LogP contribution in [0.5, 0.6) is 0 Å². The van der Waals surface area contributed by atoms with Gasteiger partial charge >= 0.3 is 0 Å². The molecule has 0 unspecified atom stereocenters. The van der Waals surface area contributed by atoms with Gasteiger partial charge in [-0.1, -0.05) is 37.3 Å². The SMILES string of the molecule is CNS(=O)(=O)c1ccc(NC[C@@H](C)c2ccccc2)c([N+](=O)[O-])c1. The van der Waals surface area contributed by atoms with Crippen molar-refractivity contribution in [3.8, 4) is 0 Å². The summed E-state index contributed by atoms with van der Waals surface area (Å²) >= 11 is 0. The molecule has 1 atom stereocenters. The number of rotatable bonds is 7. The smallest absolute Gasteiger partial charge is 0.293 e. The lowest BCUT2D eigenvalue weighted by Crippen LogP contribution is -2.19. The number of nitrogens with zero attached hydrogens (tertiary/aromatic N) is 1. The van der Waals surface area contributed by atoms with E-state index in [4.69, 9.17) is 0 Å². The van der Waals surface area contributed by atoms with Gasteiger partial charge in [-0.15, -0.1) is 0 Å². The molecule has 0 aliphatic heterocycles. The van der Waals surface area contributed by atoms with Gasteiger partial charge in [-0.25, -0.2) is 13.1 Å². The van der Waals surface area contributed by atoms with Crippen LogP contribution in [0.4, 0.5) is 11.4 Å². The second-order valence-electron chi connectivity index (χ2n) is 5.34. The molecule has 0 fully saturated rings. The molecule has 0 radical (unpaired) electrons. The molecule has 2 rings (SSSR count). The predicted octanol–water partition coefficient (Wildman–Crippen LogP) is 2.72. The second-order valence-corrected chi connectivity index (χ2v) is 7.22. The minimum Gasteiger partial charge on any atom is -0.379 e. The van der Waals surface area contributed by atoms with Crippen molar-refractivity contribution in [2.45, 2.75) is 17.7 Å². The third kappa shape index (κ3) is 4.09. The van der Waals surface area contributed by atoms with E-state index in [1.807, 2.05) is 37.3 Å². The predicted molar refractivity (Wildman–Crippen MR) is 92.7 cm³/mol. The van der Waals surface area contributed by atoms with Crippen LogP contribution in [0.15, 0.2) is 53.4 Å². The van der Waals surface area contributed by atoms with E-state index in [1.54, 1.807) is 0 Å². The summed E-state index contributed by atoms with van der Waals surface area (Å²) in [6.45, 7) is 2.50. The fourth-order valence-corrected chi connectivity index (χ4v) is 3.01. The molecule has 7 nitrogen and oxygen atoms in total. The Hall–Kier alpha value is -2.45. The number of nitro benzene ring substituents is 1. The van der Waals surface area contributed by atoms with Crippen molar-refractivity contribution in [2.75, 3.05) is 18.9 Å². The zero-order chi connectivity index (χ0) is 17.7. The largest absolute Gasteiger partial charge is 0.379 e. The molecule has 0 aliphatic carbocycles. The molecule has 2 aromatic carbocycles. The Morgan fingerprint density at radius 1 is 1.17 bits per heavy atom. The quantitative estimate of drug-likeness (QED) is 0.591. The summed E-state index contributed by atoms with van der Waals surface area (Å²) in [4.78, 5) is 10.5. The molecule has 0 bridgehead atoms. The molecular formula is C16H19N3O4S. The van der Waals surface area contributed by atoms with Crippen LogP contribution in [0, 0.1) is 10.1 Å². The molecule has 0 aliphatic rings. The molecule has 0 heterocycles. The topological polar surface area (TPSA) is 101 Å². The molecular weight excluding hydrogens is 330 g/mol. The van der Waals surface area contributed by atoms with Crippen LogP contribution in [0.1, 0.15) is 18.4 Å². The minimum absolute atomic E-state index is 0.140. The molecule has 2 N–H and O–H groups in total. The zero-order valence-electron chi connectivity index (χ0n) is 13.4. The van der Waals surface area contributed by atoms with Crippen LogP contribution in [0.25, 0.3) is 0 Å². The van der Waals surface area contributed by atoms with E-state index in [0.717, 1.165) is 11.6 Å². The van der Waals surface area contributed by atoms with E-state index in [9.17, 15) is 18.5 Å². The number of anilines is 1. The van der Waals surface area contributed by atoms with Crippen molar-refractivity contribution in [3.05, 3.63) is 64.2 Å². The second kappa shape index (κ2) is 7.41. The summed E-state index contributed by atoms with van der Waals surface area (Å²) in [5.74, 6) is 0.145. The molecule has 0 saturated heterocycles. The van der Waals surface area contributed by atoms with Gasteiger partial charge in [0.25, 0.3) is 5.69 Å².